The molecular formula is C11H16N2O2. The van der Waals surface area contributed by atoms with E-state index in [0.29, 0.717) is 0 Å². The number of ether oxygens (including phenoxy) is 1. The van der Waals surface area contributed by atoms with Crippen LogP contribution in [0.2, 0.25) is 0 Å². The molecule has 0 spiro atoms. The van der Waals surface area contributed by atoms with Crippen LogP contribution >= 0.6 is 0 Å². The maximum absolute atomic E-state index is 10.8. The molecule has 2 heterocycles. The van der Waals surface area contributed by atoms with E-state index >= 15 is 0 Å². The van der Waals surface area contributed by atoms with E-state index in [1.54, 1.807) is 4.57 Å². The van der Waals surface area contributed by atoms with Crippen LogP contribution in [0.3, 0.4) is 0 Å². The summed E-state index contributed by atoms with van der Waals surface area (Å²) in [6.07, 6.45) is 2.74. The van der Waals surface area contributed by atoms with Crippen molar-refractivity contribution in [3.8, 4) is 0 Å². The third-order valence-corrected chi connectivity index (χ3v) is 2.88. The Hall–Kier alpha value is -1.29. The molecule has 0 amide bonds. The van der Waals surface area contributed by atoms with Gasteiger partial charge in [0.05, 0.1) is 18.9 Å². The van der Waals surface area contributed by atoms with Crippen LogP contribution in [0.25, 0.3) is 0 Å². The van der Waals surface area contributed by atoms with Crippen molar-refractivity contribution in [2.45, 2.75) is 13.8 Å². The lowest BCUT2D eigenvalue weighted by Crippen LogP contribution is -2.36. The molecule has 1 saturated heterocycles. The molecule has 4 heteroatoms. The zero-order chi connectivity index (χ0) is 10.8. The van der Waals surface area contributed by atoms with Crippen LogP contribution in [0.5, 0.6) is 0 Å². The fourth-order valence-electron chi connectivity index (χ4n) is 2.15. The molecule has 0 aliphatic carbocycles. The first-order valence-corrected chi connectivity index (χ1v) is 5.20. The molecule has 0 radical (unpaired) electrons. The van der Waals surface area contributed by atoms with Crippen molar-refractivity contribution < 1.29 is 9.53 Å². The summed E-state index contributed by atoms with van der Waals surface area (Å²) in [6, 6.07) is 0. The van der Waals surface area contributed by atoms with Gasteiger partial charge in [0.25, 0.3) is 0 Å². The van der Waals surface area contributed by atoms with Gasteiger partial charge in [0, 0.05) is 25.0 Å². The van der Waals surface area contributed by atoms with Gasteiger partial charge in [-0.15, -0.1) is 0 Å². The first-order chi connectivity index (χ1) is 7.24. The van der Waals surface area contributed by atoms with Crippen LogP contribution in [0, 0.1) is 13.8 Å². The average molecular weight is 208 g/mol. The van der Waals surface area contributed by atoms with E-state index in [4.69, 9.17) is 4.74 Å². The Labute approximate surface area is 89.4 Å². The third kappa shape index (κ3) is 1.77. The first kappa shape index (κ1) is 10.2. The molecule has 0 bridgehead atoms. The fraction of sp³-hybridized carbons (Fsp3) is 0.545. The minimum atomic E-state index is 0.769. The van der Waals surface area contributed by atoms with Crippen molar-refractivity contribution in [1.82, 2.24) is 4.57 Å². The molecule has 1 aromatic heterocycles. The van der Waals surface area contributed by atoms with Crippen molar-refractivity contribution in [2.75, 3.05) is 31.2 Å². The Kier molecular flexibility index (Phi) is 2.77. The number of nitrogens with zero attached hydrogens (tertiary/aromatic N) is 2. The van der Waals surface area contributed by atoms with E-state index in [9.17, 15) is 4.79 Å². The van der Waals surface area contributed by atoms with Crippen LogP contribution < -0.4 is 4.90 Å². The second-order valence-corrected chi connectivity index (χ2v) is 3.86. The Morgan fingerprint density at radius 2 is 2.00 bits per heavy atom. The molecule has 1 aliphatic heterocycles. The summed E-state index contributed by atoms with van der Waals surface area (Å²) in [5.74, 6) is 0. The molecule has 0 aromatic carbocycles. The van der Waals surface area contributed by atoms with Gasteiger partial charge in [0.2, 0.25) is 6.41 Å². The highest BCUT2D eigenvalue weighted by Gasteiger charge is 2.18. The lowest BCUT2D eigenvalue weighted by atomic mass is 10.2. The topological polar surface area (TPSA) is 34.5 Å². The Balaban J connectivity index is 2.33. The molecule has 1 aromatic rings. The van der Waals surface area contributed by atoms with Gasteiger partial charge < -0.3 is 9.64 Å². The number of hydrogen-bond acceptors (Lipinski definition) is 3. The minimum absolute atomic E-state index is 0.769. The SMILES string of the molecule is Cc1cn(C=O)c(C)c1N1CCOCC1. The van der Waals surface area contributed by atoms with Crippen LogP contribution in [0.1, 0.15) is 11.3 Å². The lowest BCUT2D eigenvalue weighted by Gasteiger charge is -2.29. The number of hydrogen-bond donors (Lipinski definition) is 0. The molecule has 82 valence electrons. The molecule has 0 atom stereocenters. The van der Waals surface area contributed by atoms with Crippen LogP contribution in [-0.4, -0.2) is 37.3 Å². The largest absolute Gasteiger partial charge is 0.378 e. The Morgan fingerprint density at radius 1 is 1.33 bits per heavy atom. The van der Waals surface area contributed by atoms with Crippen molar-refractivity contribution in [3.63, 3.8) is 0 Å². The highest BCUT2D eigenvalue weighted by Crippen LogP contribution is 2.26. The predicted molar refractivity (Wildman–Crippen MR) is 59.1 cm³/mol. The predicted octanol–water partition coefficient (Wildman–Crippen LogP) is 0.980. The lowest BCUT2D eigenvalue weighted by molar-refractivity contribution is 0.122. The van der Waals surface area contributed by atoms with Crippen molar-refractivity contribution in [2.24, 2.45) is 0 Å². The molecular weight excluding hydrogens is 192 g/mol. The smallest absolute Gasteiger partial charge is 0.218 e. The van der Waals surface area contributed by atoms with Gasteiger partial charge in [-0.1, -0.05) is 0 Å². The second-order valence-electron chi connectivity index (χ2n) is 3.86. The van der Waals surface area contributed by atoms with E-state index in [1.807, 2.05) is 20.0 Å². The first-order valence-electron chi connectivity index (χ1n) is 5.20. The molecule has 0 N–H and O–H groups in total. The quantitative estimate of drug-likeness (QED) is 0.679. The maximum Gasteiger partial charge on any atom is 0.218 e. The summed E-state index contributed by atoms with van der Waals surface area (Å²) in [5, 5.41) is 0. The number of aryl methyl sites for hydroxylation is 1. The van der Waals surface area contributed by atoms with Gasteiger partial charge in [-0.2, -0.15) is 0 Å². The summed E-state index contributed by atoms with van der Waals surface area (Å²) in [6.45, 7) is 7.37. The monoisotopic (exact) mass is 208 g/mol. The highest BCUT2D eigenvalue weighted by atomic mass is 16.5. The highest BCUT2D eigenvalue weighted by molar-refractivity contribution is 5.66. The molecule has 15 heavy (non-hydrogen) atoms. The van der Waals surface area contributed by atoms with Gasteiger partial charge in [-0.05, 0) is 19.4 Å². The number of anilines is 1. The van der Waals surface area contributed by atoms with Crippen LogP contribution in [0.4, 0.5) is 5.69 Å². The van der Waals surface area contributed by atoms with Gasteiger partial charge >= 0.3 is 0 Å². The molecule has 1 aliphatic rings. The van der Waals surface area contributed by atoms with E-state index in [0.717, 1.165) is 44.0 Å². The van der Waals surface area contributed by atoms with Gasteiger partial charge in [0.1, 0.15) is 0 Å². The molecule has 0 saturated carbocycles. The van der Waals surface area contributed by atoms with E-state index in [1.165, 1.54) is 5.69 Å². The van der Waals surface area contributed by atoms with E-state index < -0.39 is 0 Å². The summed E-state index contributed by atoms with van der Waals surface area (Å²) < 4.78 is 6.96. The number of carbonyl (C=O) groups excluding carboxylic acids is 1. The van der Waals surface area contributed by atoms with Crippen LogP contribution in [-0.2, 0) is 9.53 Å². The van der Waals surface area contributed by atoms with Crippen molar-refractivity contribution in [3.05, 3.63) is 17.5 Å². The molecule has 4 nitrogen and oxygen atoms in total. The summed E-state index contributed by atoms with van der Waals surface area (Å²) in [4.78, 5) is 13.1. The van der Waals surface area contributed by atoms with Crippen LogP contribution in [0.15, 0.2) is 6.20 Å². The summed E-state index contributed by atoms with van der Waals surface area (Å²) in [5.41, 5.74) is 3.36. The van der Waals surface area contributed by atoms with E-state index in [2.05, 4.69) is 4.90 Å². The normalized spacial score (nSPS) is 16.8. The maximum atomic E-state index is 10.8. The third-order valence-electron chi connectivity index (χ3n) is 2.88. The second kappa shape index (κ2) is 4.06. The van der Waals surface area contributed by atoms with Gasteiger partial charge in [0.15, 0.2) is 0 Å². The minimum Gasteiger partial charge on any atom is -0.378 e. The van der Waals surface area contributed by atoms with Crippen molar-refractivity contribution >= 4 is 12.1 Å². The van der Waals surface area contributed by atoms with Gasteiger partial charge in [-0.3, -0.25) is 9.36 Å². The zero-order valence-electron chi connectivity index (χ0n) is 9.19. The average Bonchev–Trinajstić information content (AvgIpc) is 2.55. The van der Waals surface area contributed by atoms with E-state index in [-0.39, 0.29) is 0 Å². The summed E-state index contributed by atoms with van der Waals surface area (Å²) in [7, 11) is 0. The molecule has 1 fully saturated rings. The summed E-state index contributed by atoms with van der Waals surface area (Å²) >= 11 is 0. The number of aromatic nitrogens is 1. The van der Waals surface area contributed by atoms with Gasteiger partial charge in [-0.25, -0.2) is 0 Å². The number of rotatable bonds is 2. The molecule has 0 unspecified atom stereocenters. The zero-order valence-corrected chi connectivity index (χ0v) is 9.19. The fourth-order valence-corrected chi connectivity index (χ4v) is 2.15. The van der Waals surface area contributed by atoms with Crippen molar-refractivity contribution in [1.29, 1.82) is 0 Å². The molecule has 2 rings (SSSR count). The Bertz CT molecular complexity index is 365. The number of morpholine rings is 1. The standard InChI is InChI=1S/C11H16N2O2/c1-9-7-13(8-14)10(2)11(9)12-3-5-15-6-4-12/h7-8H,3-6H2,1-2H3. The Morgan fingerprint density at radius 3 is 2.53 bits per heavy atom. The number of carbonyl (C=O) groups is 1.